The number of hydrogen-bond acceptors (Lipinski definition) is 3. The largest absolute Gasteiger partial charge is 0.250 e. The van der Waals surface area contributed by atoms with Crippen LogP contribution in [0.25, 0.3) is 0 Å². The number of rotatable bonds is 4. The lowest BCUT2D eigenvalue weighted by Crippen LogP contribution is -2.00. The van der Waals surface area contributed by atoms with E-state index in [4.69, 9.17) is 23.8 Å². The third-order valence-electron chi connectivity index (χ3n) is 3.11. The number of nitrogens with one attached hydrogen (secondary N) is 1. The van der Waals surface area contributed by atoms with Crippen molar-refractivity contribution in [3.8, 4) is 0 Å². The predicted octanol–water partition coefficient (Wildman–Crippen LogP) is 4.07. The van der Waals surface area contributed by atoms with E-state index in [2.05, 4.69) is 15.3 Å². The number of nitrogens with zero attached hydrogens (tertiary/aromatic N) is 3. The quantitative estimate of drug-likeness (QED) is 0.579. The van der Waals surface area contributed by atoms with E-state index >= 15 is 0 Å². The van der Waals surface area contributed by atoms with Gasteiger partial charge in [-0.15, -0.1) is 0 Å². The molecule has 1 aromatic heterocycles. The minimum Gasteiger partial charge on any atom is -0.250 e. The number of halogens is 1. The summed E-state index contributed by atoms with van der Waals surface area (Å²) in [5.41, 5.74) is 2.10. The van der Waals surface area contributed by atoms with Crippen molar-refractivity contribution in [1.29, 1.82) is 0 Å². The highest BCUT2D eigenvalue weighted by molar-refractivity contribution is 7.71. The van der Waals surface area contributed by atoms with E-state index in [-0.39, 0.29) is 0 Å². The molecule has 0 fully saturated rings. The van der Waals surface area contributed by atoms with Crippen LogP contribution in [0.5, 0.6) is 0 Å². The predicted molar refractivity (Wildman–Crippen MR) is 91.1 cm³/mol. The summed E-state index contributed by atoms with van der Waals surface area (Å²) >= 11 is 11.1. The van der Waals surface area contributed by atoms with Gasteiger partial charge in [-0.05, 0) is 35.5 Å². The van der Waals surface area contributed by atoms with Gasteiger partial charge in [0.2, 0.25) is 4.77 Å². The van der Waals surface area contributed by atoms with E-state index in [1.165, 1.54) is 0 Å². The molecule has 0 unspecified atom stereocenters. The number of aromatic amines is 1. The van der Waals surface area contributed by atoms with Crippen molar-refractivity contribution in [2.24, 2.45) is 5.10 Å². The Morgan fingerprint density at radius 2 is 1.86 bits per heavy atom. The van der Waals surface area contributed by atoms with E-state index in [9.17, 15) is 0 Å². The van der Waals surface area contributed by atoms with Crippen molar-refractivity contribution >= 4 is 30.0 Å². The Labute approximate surface area is 138 Å². The van der Waals surface area contributed by atoms with Gasteiger partial charge in [0.15, 0.2) is 5.82 Å². The van der Waals surface area contributed by atoms with Crippen LogP contribution in [0.3, 0.4) is 0 Å². The van der Waals surface area contributed by atoms with Gasteiger partial charge in [0.25, 0.3) is 0 Å². The summed E-state index contributed by atoms with van der Waals surface area (Å²) in [6, 6.07) is 17.5. The molecule has 4 nitrogen and oxygen atoms in total. The molecule has 0 bridgehead atoms. The zero-order valence-electron chi connectivity index (χ0n) is 11.6. The SMILES string of the molecule is S=c1[nH]nc(Cc2ccccc2)n1/N=C\c1ccc(Cl)cc1. The van der Waals surface area contributed by atoms with Gasteiger partial charge in [0, 0.05) is 11.4 Å². The first-order valence-electron chi connectivity index (χ1n) is 6.72. The van der Waals surface area contributed by atoms with E-state index in [0.717, 1.165) is 17.0 Å². The maximum atomic E-state index is 5.87. The molecule has 6 heteroatoms. The average Bonchev–Trinajstić information content (AvgIpc) is 2.88. The lowest BCUT2D eigenvalue weighted by Gasteiger charge is -2.01. The number of aromatic nitrogens is 3. The lowest BCUT2D eigenvalue weighted by atomic mass is 10.1. The molecule has 1 N–H and O–H groups in total. The Morgan fingerprint density at radius 3 is 2.59 bits per heavy atom. The highest BCUT2D eigenvalue weighted by atomic mass is 35.5. The summed E-state index contributed by atoms with van der Waals surface area (Å²) in [4.78, 5) is 0. The van der Waals surface area contributed by atoms with Crippen molar-refractivity contribution < 1.29 is 0 Å². The normalized spacial score (nSPS) is 11.1. The molecule has 0 aliphatic rings. The van der Waals surface area contributed by atoms with Crippen LogP contribution in [0.2, 0.25) is 5.02 Å². The van der Waals surface area contributed by atoms with Crippen molar-refractivity contribution in [3.05, 3.63) is 81.3 Å². The average molecular weight is 329 g/mol. The standard InChI is InChI=1S/C16H13ClN4S/c17-14-8-6-13(7-9-14)11-18-21-15(19-20-16(21)22)10-12-4-2-1-3-5-12/h1-9,11H,10H2,(H,20,22)/b18-11-. The molecular formula is C16H13ClN4S. The molecule has 0 aliphatic heterocycles. The summed E-state index contributed by atoms with van der Waals surface area (Å²) in [6.07, 6.45) is 2.39. The van der Waals surface area contributed by atoms with Crippen molar-refractivity contribution in [2.45, 2.75) is 6.42 Å². The maximum Gasteiger partial charge on any atom is 0.216 e. The Bertz CT molecular complexity index is 835. The molecule has 2 aromatic carbocycles. The van der Waals surface area contributed by atoms with Gasteiger partial charge in [-0.2, -0.15) is 14.9 Å². The minimum atomic E-state index is 0.469. The van der Waals surface area contributed by atoms with Crippen LogP contribution >= 0.6 is 23.8 Å². The Hall–Kier alpha value is -2.24. The molecule has 0 atom stereocenters. The summed E-state index contributed by atoms with van der Waals surface area (Å²) in [7, 11) is 0. The van der Waals surface area contributed by atoms with Crippen LogP contribution in [0, 0.1) is 4.77 Å². The molecule has 0 radical (unpaired) electrons. The first-order valence-corrected chi connectivity index (χ1v) is 7.51. The van der Waals surface area contributed by atoms with Gasteiger partial charge in [-0.3, -0.25) is 5.10 Å². The fraction of sp³-hybridized carbons (Fsp3) is 0.0625. The topological polar surface area (TPSA) is 46.0 Å². The molecule has 3 aromatic rings. The van der Waals surface area contributed by atoms with E-state index in [0.29, 0.717) is 16.2 Å². The molecule has 0 amide bonds. The third-order valence-corrected chi connectivity index (χ3v) is 3.63. The molecule has 1 heterocycles. The third kappa shape index (κ3) is 3.50. The van der Waals surface area contributed by atoms with E-state index in [1.807, 2.05) is 54.6 Å². The number of hydrogen-bond donors (Lipinski definition) is 1. The van der Waals surface area contributed by atoms with Gasteiger partial charge >= 0.3 is 0 Å². The van der Waals surface area contributed by atoms with Crippen molar-refractivity contribution in [3.63, 3.8) is 0 Å². The van der Waals surface area contributed by atoms with Crippen LogP contribution in [0.4, 0.5) is 0 Å². The van der Waals surface area contributed by atoms with Gasteiger partial charge in [-0.1, -0.05) is 54.1 Å². The van der Waals surface area contributed by atoms with Gasteiger partial charge in [0.1, 0.15) is 0 Å². The van der Waals surface area contributed by atoms with Crippen LogP contribution in [0.1, 0.15) is 17.0 Å². The van der Waals surface area contributed by atoms with Crippen LogP contribution in [-0.2, 0) is 6.42 Å². The van der Waals surface area contributed by atoms with Crippen molar-refractivity contribution in [1.82, 2.24) is 14.9 Å². The molecule has 0 aliphatic carbocycles. The maximum absolute atomic E-state index is 5.87. The van der Waals surface area contributed by atoms with Gasteiger partial charge < -0.3 is 0 Å². The Balaban J connectivity index is 1.86. The Morgan fingerprint density at radius 1 is 1.14 bits per heavy atom. The second-order valence-corrected chi connectivity index (χ2v) is 5.54. The first-order chi connectivity index (χ1) is 10.7. The fourth-order valence-corrected chi connectivity index (χ4v) is 2.33. The highest BCUT2D eigenvalue weighted by Crippen LogP contribution is 2.10. The summed E-state index contributed by atoms with van der Waals surface area (Å²) in [6.45, 7) is 0. The fourth-order valence-electron chi connectivity index (χ4n) is 2.01. The van der Waals surface area contributed by atoms with E-state index < -0.39 is 0 Å². The van der Waals surface area contributed by atoms with Gasteiger partial charge in [-0.25, -0.2) is 0 Å². The van der Waals surface area contributed by atoms with Crippen LogP contribution in [-0.4, -0.2) is 21.1 Å². The Kier molecular flexibility index (Phi) is 4.46. The first kappa shape index (κ1) is 14.7. The summed E-state index contributed by atoms with van der Waals surface area (Å²) in [5, 5.41) is 12.1. The number of benzene rings is 2. The van der Waals surface area contributed by atoms with E-state index in [1.54, 1.807) is 10.9 Å². The smallest absolute Gasteiger partial charge is 0.216 e. The lowest BCUT2D eigenvalue weighted by molar-refractivity contribution is 0.792. The van der Waals surface area contributed by atoms with Gasteiger partial charge in [0.05, 0.1) is 6.21 Å². The molecule has 110 valence electrons. The van der Waals surface area contributed by atoms with Crippen LogP contribution in [0.15, 0.2) is 59.7 Å². The molecule has 3 rings (SSSR count). The second-order valence-electron chi connectivity index (χ2n) is 4.72. The minimum absolute atomic E-state index is 0.469. The summed E-state index contributed by atoms with van der Waals surface area (Å²) in [5.74, 6) is 0.765. The second kappa shape index (κ2) is 6.68. The molecule has 0 saturated carbocycles. The molecule has 0 saturated heterocycles. The monoisotopic (exact) mass is 328 g/mol. The molecule has 22 heavy (non-hydrogen) atoms. The highest BCUT2D eigenvalue weighted by Gasteiger charge is 2.05. The molecule has 0 spiro atoms. The number of H-pyrrole nitrogens is 1. The van der Waals surface area contributed by atoms with Crippen molar-refractivity contribution in [2.75, 3.05) is 0 Å². The zero-order chi connectivity index (χ0) is 15.4. The zero-order valence-corrected chi connectivity index (χ0v) is 13.2. The molecular weight excluding hydrogens is 316 g/mol. The van der Waals surface area contributed by atoms with Crippen LogP contribution < -0.4 is 0 Å². The summed E-state index contributed by atoms with van der Waals surface area (Å²) < 4.78 is 2.10.